The largest absolute Gasteiger partial charge is 0.465 e. The zero-order valence-electron chi connectivity index (χ0n) is 17.7. The third-order valence-electron chi connectivity index (χ3n) is 5.17. The Hall–Kier alpha value is -2.13. The van der Waals surface area contributed by atoms with Gasteiger partial charge in [0.05, 0.1) is 24.4 Å². The Bertz CT molecular complexity index is 805. The van der Waals surface area contributed by atoms with Crippen LogP contribution in [0.15, 0.2) is 30.3 Å². The van der Waals surface area contributed by atoms with E-state index < -0.39 is 0 Å². The normalized spacial score (nSPS) is 17.9. The summed E-state index contributed by atoms with van der Waals surface area (Å²) < 4.78 is 18.4. The van der Waals surface area contributed by atoms with Crippen LogP contribution >= 0.6 is 0 Å². The van der Waals surface area contributed by atoms with Gasteiger partial charge < -0.3 is 15.4 Å². The number of hydrogen-bond acceptors (Lipinski definition) is 7. The third kappa shape index (κ3) is 7.28. The lowest BCUT2D eigenvalue weighted by atomic mass is 10.2. The zero-order valence-corrected chi connectivity index (χ0v) is 17.7. The van der Waals surface area contributed by atoms with E-state index in [0.717, 1.165) is 75.5 Å². The van der Waals surface area contributed by atoms with Crippen LogP contribution < -0.4 is 10.6 Å². The van der Waals surface area contributed by atoms with Crippen LogP contribution in [0.5, 0.6) is 0 Å². The van der Waals surface area contributed by atoms with E-state index >= 15 is 0 Å². The van der Waals surface area contributed by atoms with Gasteiger partial charge in [0.15, 0.2) is 0 Å². The maximum absolute atomic E-state index is 13.4. The van der Waals surface area contributed by atoms with E-state index in [1.165, 1.54) is 12.1 Å². The molecule has 7 nitrogen and oxygen atoms in total. The summed E-state index contributed by atoms with van der Waals surface area (Å²) in [6.07, 6.45) is 0. The molecule has 1 fully saturated rings. The molecule has 2 aromatic rings. The highest BCUT2D eigenvalue weighted by Gasteiger charge is 2.13. The van der Waals surface area contributed by atoms with Crippen molar-refractivity contribution in [2.75, 3.05) is 65.5 Å². The Morgan fingerprint density at radius 1 is 1.03 bits per heavy atom. The summed E-state index contributed by atoms with van der Waals surface area (Å²) in [5.74, 6) is -0.403. The molecule has 1 aliphatic rings. The van der Waals surface area contributed by atoms with Crippen molar-refractivity contribution in [2.45, 2.75) is 13.5 Å². The number of benzene rings is 1. The molecule has 0 amide bonds. The van der Waals surface area contributed by atoms with E-state index in [4.69, 9.17) is 9.72 Å². The second-order valence-electron chi connectivity index (χ2n) is 7.50. The Labute approximate surface area is 177 Å². The third-order valence-corrected chi connectivity index (χ3v) is 5.17. The molecule has 2 N–H and O–H groups in total. The van der Waals surface area contributed by atoms with Gasteiger partial charge in [-0.15, -0.1) is 0 Å². The molecule has 164 valence electrons. The SMILES string of the molecule is CCOC(=O)CN1CCNCCN(Cc2ccc3cc(F)ccc3n2)CCNCC1. The molecule has 0 unspecified atom stereocenters. The van der Waals surface area contributed by atoms with Crippen molar-refractivity contribution in [3.63, 3.8) is 0 Å². The highest BCUT2D eigenvalue weighted by molar-refractivity contribution is 5.78. The topological polar surface area (TPSA) is 69.7 Å². The van der Waals surface area contributed by atoms with Crippen molar-refractivity contribution < 1.29 is 13.9 Å². The van der Waals surface area contributed by atoms with Crippen LogP contribution in [-0.4, -0.2) is 86.3 Å². The summed E-state index contributed by atoms with van der Waals surface area (Å²) in [6.45, 7) is 10.2. The van der Waals surface area contributed by atoms with E-state index in [2.05, 4.69) is 20.4 Å². The van der Waals surface area contributed by atoms with Gasteiger partial charge in [0.2, 0.25) is 0 Å². The molecule has 1 saturated heterocycles. The Morgan fingerprint density at radius 2 is 1.70 bits per heavy atom. The molecule has 2 heterocycles. The number of fused-ring (bicyclic) bond motifs is 1. The minimum atomic E-state index is -0.238. The number of hydrogen-bond donors (Lipinski definition) is 2. The molecule has 30 heavy (non-hydrogen) atoms. The molecular formula is C22H32FN5O2. The van der Waals surface area contributed by atoms with E-state index in [0.29, 0.717) is 13.2 Å². The monoisotopic (exact) mass is 417 g/mol. The predicted octanol–water partition coefficient (Wildman–Crippen LogP) is 1.23. The molecule has 3 rings (SSSR count). The number of esters is 1. The highest BCUT2D eigenvalue weighted by atomic mass is 19.1. The molecule has 0 aliphatic carbocycles. The molecule has 0 radical (unpaired) electrons. The second kappa shape index (κ2) is 11.9. The van der Waals surface area contributed by atoms with Gasteiger partial charge in [-0.05, 0) is 31.2 Å². The molecule has 0 saturated carbocycles. The smallest absolute Gasteiger partial charge is 0.320 e. The second-order valence-corrected chi connectivity index (χ2v) is 7.50. The number of ether oxygens (including phenoxy) is 1. The first-order valence-electron chi connectivity index (χ1n) is 10.7. The minimum Gasteiger partial charge on any atom is -0.465 e. The van der Waals surface area contributed by atoms with Crippen LogP contribution in [0.25, 0.3) is 10.9 Å². The summed E-state index contributed by atoms with van der Waals surface area (Å²) in [5, 5.41) is 7.77. The van der Waals surface area contributed by atoms with Crippen LogP contribution in [0.4, 0.5) is 4.39 Å². The van der Waals surface area contributed by atoms with Crippen molar-refractivity contribution in [1.29, 1.82) is 0 Å². The fourth-order valence-electron chi connectivity index (χ4n) is 3.58. The first-order valence-corrected chi connectivity index (χ1v) is 10.7. The van der Waals surface area contributed by atoms with Gasteiger partial charge >= 0.3 is 5.97 Å². The van der Waals surface area contributed by atoms with Gasteiger partial charge in [0.25, 0.3) is 0 Å². The zero-order chi connectivity index (χ0) is 21.2. The first-order chi connectivity index (χ1) is 14.6. The van der Waals surface area contributed by atoms with Crippen LogP contribution in [0, 0.1) is 5.82 Å². The molecule has 1 aliphatic heterocycles. The Morgan fingerprint density at radius 3 is 2.37 bits per heavy atom. The summed E-state index contributed by atoms with van der Waals surface area (Å²) in [7, 11) is 0. The molecule has 0 atom stereocenters. The fourth-order valence-corrected chi connectivity index (χ4v) is 3.58. The molecule has 0 spiro atoms. The van der Waals surface area contributed by atoms with Gasteiger partial charge in [0, 0.05) is 64.3 Å². The standard InChI is InChI=1S/C22H32FN5O2/c1-2-30-22(29)17-28-13-9-24-7-11-27(12-8-25-10-14-28)16-20-5-3-18-15-19(23)4-6-21(18)26-20/h3-6,15,24-25H,2,7-14,16-17H2,1H3. The lowest BCUT2D eigenvalue weighted by Crippen LogP contribution is -2.44. The lowest BCUT2D eigenvalue weighted by molar-refractivity contribution is -0.144. The predicted molar refractivity (Wildman–Crippen MR) is 116 cm³/mol. The van der Waals surface area contributed by atoms with Crippen LogP contribution in [0.1, 0.15) is 12.6 Å². The summed E-state index contributed by atoms with van der Waals surface area (Å²) in [4.78, 5) is 21.0. The average molecular weight is 418 g/mol. The molecular weight excluding hydrogens is 385 g/mol. The van der Waals surface area contributed by atoms with Gasteiger partial charge in [-0.25, -0.2) is 4.39 Å². The molecule has 1 aromatic heterocycles. The molecule has 0 bridgehead atoms. The first kappa shape index (κ1) is 22.6. The fraction of sp³-hybridized carbons (Fsp3) is 0.545. The number of rotatable bonds is 5. The van der Waals surface area contributed by atoms with Crippen molar-refractivity contribution in [3.05, 3.63) is 41.8 Å². The summed E-state index contributed by atoms with van der Waals surface area (Å²) in [6, 6.07) is 8.61. The number of pyridine rings is 1. The van der Waals surface area contributed by atoms with E-state index in [9.17, 15) is 9.18 Å². The van der Waals surface area contributed by atoms with Crippen molar-refractivity contribution in [1.82, 2.24) is 25.4 Å². The van der Waals surface area contributed by atoms with Crippen LogP contribution in [0.3, 0.4) is 0 Å². The number of nitrogens with one attached hydrogen (secondary N) is 2. The van der Waals surface area contributed by atoms with Crippen LogP contribution in [0.2, 0.25) is 0 Å². The average Bonchev–Trinajstić information content (AvgIpc) is 2.71. The number of carbonyl (C=O) groups is 1. The number of nitrogens with zero attached hydrogens (tertiary/aromatic N) is 3. The van der Waals surface area contributed by atoms with Gasteiger partial charge in [-0.1, -0.05) is 6.07 Å². The van der Waals surface area contributed by atoms with E-state index in [-0.39, 0.29) is 11.8 Å². The molecule has 8 heteroatoms. The summed E-state index contributed by atoms with van der Waals surface area (Å²) >= 11 is 0. The van der Waals surface area contributed by atoms with Crippen molar-refractivity contribution >= 4 is 16.9 Å². The Balaban J connectivity index is 1.52. The summed E-state index contributed by atoms with van der Waals surface area (Å²) in [5.41, 5.74) is 1.81. The number of halogens is 1. The quantitative estimate of drug-likeness (QED) is 0.710. The van der Waals surface area contributed by atoms with Crippen molar-refractivity contribution in [2.24, 2.45) is 0 Å². The highest BCUT2D eigenvalue weighted by Crippen LogP contribution is 2.15. The number of aromatic nitrogens is 1. The van der Waals surface area contributed by atoms with Gasteiger partial charge in [-0.3, -0.25) is 19.6 Å². The van der Waals surface area contributed by atoms with Crippen molar-refractivity contribution in [3.8, 4) is 0 Å². The molecule has 1 aromatic carbocycles. The van der Waals surface area contributed by atoms with Gasteiger partial charge in [0.1, 0.15) is 5.82 Å². The van der Waals surface area contributed by atoms with E-state index in [1.807, 2.05) is 19.1 Å². The van der Waals surface area contributed by atoms with E-state index in [1.54, 1.807) is 6.07 Å². The maximum atomic E-state index is 13.4. The maximum Gasteiger partial charge on any atom is 0.320 e. The Kier molecular flexibility index (Phi) is 8.95. The van der Waals surface area contributed by atoms with Crippen LogP contribution in [-0.2, 0) is 16.1 Å². The van der Waals surface area contributed by atoms with Gasteiger partial charge in [-0.2, -0.15) is 0 Å². The minimum absolute atomic E-state index is 0.165. The lowest BCUT2D eigenvalue weighted by Gasteiger charge is -2.26. The number of carbonyl (C=O) groups excluding carboxylic acids is 1.